The number of aliphatic hydroxyl groups is 1. The molecule has 0 saturated carbocycles. The minimum Gasteiger partial charge on any atom is -0.475 e. The van der Waals surface area contributed by atoms with Crippen LogP contribution in [0.15, 0.2) is 0 Å². The summed E-state index contributed by atoms with van der Waals surface area (Å²) in [7, 11) is 0. The van der Waals surface area contributed by atoms with Crippen LogP contribution in [0.3, 0.4) is 0 Å². The van der Waals surface area contributed by atoms with Crippen molar-refractivity contribution in [2.75, 3.05) is 6.61 Å². The predicted molar refractivity (Wildman–Crippen MR) is 54.1 cm³/mol. The summed E-state index contributed by atoms with van der Waals surface area (Å²) in [6.45, 7) is 4.83. The lowest BCUT2D eigenvalue weighted by molar-refractivity contribution is -0.192. The minimum atomic E-state index is -5.08. The number of carbonyl (C=O) groups is 1. The van der Waals surface area contributed by atoms with Crippen molar-refractivity contribution in [1.29, 1.82) is 0 Å². The molecule has 0 spiro atoms. The number of aliphatic carboxylic acids is 1. The van der Waals surface area contributed by atoms with Crippen LogP contribution in [0.1, 0.15) is 39.5 Å². The van der Waals surface area contributed by atoms with E-state index in [2.05, 4.69) is 13.8 Å². The average Bonchev–Trinajstić information content (AvgIpc) is 2.11. The van der Waals surface area contributed by atoms with Gasteiger partial charge >= 0.3 is 12.1 Å². The van der Waals surface area contributed by atoms with Gasteiger partial charge in [-0.15, -0.1) is 0 Å². The molecule has 0 bridgehead atoms. The molecular formula is C10H19F3O3. The predicted octanol–water partition coefficient (Wildman–Crippen LogP) is 2.83. The van der Waals surface area contributed by atoms with Crippen molar-refractivity contribution >= 4 is 5.97 Å². The highest BCUT2D eigenvalue weighted by Gasteiger charge is 2.38. The molecular weight excluding hydrogens is 225 g/mol. The van der Waals surface area contributed by atoms with Gasteiger partial charge in [-0.3, -0.25) is 0 Å². The first-order chi connectivity index (χ1) is 7.21. The molecule has 0 aromatic rings. The molecule has 98 valence electrons. The molecule has 3 nitrogen and oxygen atoms in total. The third-order valence-electron chi connectivity index (χ3n) is 1.68. The molecule has 0 amide bonds. The molecule has 2 N–H and O–H groups in total. The van der Waals surface area contributed by atoms with Gasteiger partial charge in [0.2, 0.25) is 0 Å². The topological polar surface area (TPSA) is 57.5 Å². The molecule has 0 heterocycles. The quantitative estimate of drug-likeness (QED) is 0.731. The van der Waals surface area contributed by atoms with Gasteiger partial charge in [0.15, 0.2) is 0 Å². The van der Waals surface area contributed by atoms with Crippen LogP contribution in [-0.2, 0) is 4.79 Å². The van der Waals surface area contributed by atoms with Gasteiger partial charge in [-0.2, -0.15) is 13.2 Å². The standard InChI is InChI=1S/C8H18O.C2HF3O2/c1-8(2)6-4-3-5-7-9;3-2(4,5)1(6)7/h8-9H,3-7H2,1-2H3;(H,6,7). The van der Waals surface area contributed by atoms with E-state index in [1.54, 1.807) is 0 Å². The lowest BCUT2D eigenvalue weighted by atomic mass is 10.1. The van der Waals surface area contributed by atoms with Gasteiger partial charge in [0.05, 0.1) is 0 Å². The molecule has 0 aliphatic heterocycles. The number of carboxylic acid groups (broad SMARTS) is 1. The van der Waals surface area contributed by atoms with E-state index < -0.39 is 12.1 Å². The van der Waals surface area contributed by atoms with Gasteiger partial charge in [-0.25, -0.2) is 4.79 Å². The summed E-state index contributed by atoms with van der Waals surface area (Å²) >= 11 is 0. The van der Waals surface area contributed by atoms with Crippen LogP contribution < -0.4 is 0 Å². The van der Waals surface area contributed by atoms with E-state index in [-0.39, 0.29) is 0 Å². The van der Waals surface area contributed by atoms with Crippen molar-refractivity contribution in [2.24, 2.45) is 5.92 Å². The third-order valence-corrected chi connectivity index (χ3v) is 1.68. The first-order valence-corrected chi connectivity index (χ1v) is 5.12. The number of aliphatic hydroxyl groups excluding tert-OH is 1. The molecule has 0 saturated heterocycles. The molecule has 0 aliphatic rings. The van der Waals surface area contributed by atoms with Gasteiger partial charge in [-0.1, -0.05) is 33.1 Å². The highest BCUT2D eigenvalue weighted by atomic mass is 19.4. The highest BCUT2D eigenvalue weighted by molar-refractivity contribution is 5.73. The van der Waals surface area contributed by atoms with Crippen LogP contribution in [0.4, 0.5) is 13.2 Å². The van der Waals surface area contributed by atoms with E-state index in [4.69, 9.17) is 15.0 Å². The van der Waals surface area contributed by atoms with Crippen molar-refractivity contribution < 1.29 is 28.2 Å². The molecule has 0 atom stereocenters. The van der Waals surface area contributed by atoms with Crippen molar-refractivity contribution in [3.8, 4) is 0 Å². The molecule has 0 aromatic carbocycles. The Morgan fingerprint density at radius 3 is 1.88 bits per heavy atom. The average molecular weight is 244 g/mol. The number of unbranched alkanes of at least 4 members (excludes halogenated alkanes) is 2. The maximum absolute atomic E-state index is 10.6. The Labute approximate surface area is 93.3 Å². The fraction of sp³-hybridized carbons (Fsp3) is 0.900. The van der Waals surface area contributed by atoms with E-state index >= 15 is 0 Å². The molecule has 16 heavy (non-hydrogen) atoms. The van der Waals surface area contributed by atoms with Crippen LogP contribution >= 0.6 is 0 Å². The van der Waals surface area contributed by atoms with Gasteiger partial charge in [0.25, 0.3) is 0 Å². The first kappa shape index (κ1) is 17.6. The Bertz CT molecular complexity index is 179. The van der Waals surface area contributed by atoms with Crippen LogP contribution in [0.5, 0.6) is 0 Å². The second-order valence-electron chi connectivity index (χ2n) is 3.77. The van der Waals surface area contributed by atoms with Crippen LogP contribution in [0.25, 0.3) is 0 Å². The van der Waals surface area contributed by atoms with Crippen molar-refractivity contribution in [3.05, 3.63) is 0 Å². The summed E-state index contributed by atoms with van der Waals surface area (Å²) < 4.78 is 31.7. The second kappa shape index (κ2) is 9.45. The number of hydrogen-bond donors (Lipinski definition) is 2. The largest absolute Gasteiger partial charge is 0.490 e. The number of hydrogen-bond acceptors (Lipinski definition) is 2. The fourth-order valence-corrected chi connectivity index (χ4v) is 0.841. The van der Waals surface area contributed by atoms with Gasteiger partial charge < -0.3 is 10.2 Å². The SMILES string of the molecule is CC(C)CCCCCO.O=C(O)C(F)(F)F. The highest BCUT2D eigenvalue weighted by Crippen LogP contribution is 2.13. The van der Waals surface area contributed by atoms with Gasteiger partial charge in [0.1, 0.15) is 0 Å². The summed E-state index contributed by atoms with van der Waals surface area (Å²) in [4.78, 5) is 8.90. The van der Waals surface area contributed by atoms with E-state index in [9.17, 15) is 13.2 Å². The van der Waals surface area contributed by atoms with Crippen LogP contribution in [0, 0.1) is 5.92 Å². The molecule has 0 aliphatic carbocycles. The molecule has 0 aromatic heterocycles. The molecule has 0 unspecified atom stereocenters. The Hall–Kier alpha value is -0.780. The van der Waals surface area contributed by atoms with Crippen molar-refractivity contribution in [1.82, 2.24) is 0 Å². The fourth-order valence-electron chi connectivity index (χ4n) is 0.841. The molecule has 6 heteroatoms. The molecule has 0 rings (SSSR count). The maximum atomic E-state index is 10.6. The lowest BCUT2D eigenvalue weighted by Crippen LogP contribution is -2.21. The van der Waals surface area contributed by atoms with Crippen LogP contribution in [-0.4, -0.2) is 29.0 Å². The second-order valence-corrected chi connectivity index (χ2v) is 3.77. The van der Waals surface area contributed by atoms with Crippen molar-refractivity contribution in [3.63, 3.8) is 0 Å². The number of halogens is 3. The first-order valence-electron chi connectivity index (χ1n) is 5.12. The van der Waals surface area contributed by atoms with Gasteiger partial charge in [-0.05, 0) is 12.3 Å². The summed E-state index contributed by atoms with van der Waals surface area (Å²) in [5.74, 6) is -1.93. The van der Waals surface area contributed by atoms with E-state index in [1.807, 2.05) is 0 Å². The normalized spacial score (nSPS) is 10.9. The smallest absolute Gasteiger partial charge is 0.475 e. The summed E-state index contributed by atoms with van der Waals surface area (Å²) in [6, 6.07) is 0. The maximum Gasteiger partial charge on any atom is 0.490 e. The zero-order valence-corrected chi connectivity index (χ0v) is 9.55. The number of carboxylic acids is 1. The number of rotatable bonds is 5. The molecule has 0 radical (unpaired) electrons. The Morgan fingerprint density at radius 1 is 1.19 bits per heavy atom. The Kier molecular flexibility index (Phi) is 10.4. The lowest BCUT2D eigenvalue weighted by Gasteiger charge is -2.01. The Morgan fingerprint density at radius 2 is 1.62 bits per heavy atom. The Balaban J connectivity index is 0. The van der Waals surface area contributed by atoms with E-state index in [0.29, 0.717) is 6.61 Å². The summed E-state index contributed by atoms with van der Waals surface area (Å²) in [6.07, 6.45) is -0.334. The van der Waals surface area contributed by atoms with E-state index in [0.717, 1.165) is 12.3 Å². The summed E-state index contributed by atoms with van der Waals surface area (Å²) in [5, 5.41) is 15.6. The number of alkyl halides is 3. The molecule has 0 fully saturated rings. The van der Waals surface area contributed by atoms with Crippen molar-refractivity contribution in [2.45, 2.75) is 45.7 Å². The summed E-state index contributed by atoms with van der Waals surface area (Å²) in [5.41, 5.74) is 0. The third kappa shape index (κ3) is 15.7. The zero-order valence-electron chi connectivity index (χ0n) is 9.55. The monoisotopic (exact) mass is 244 g/mol. The van der Waals surface area contributed by atoms with E-state index in [1.165, 1.54) is 19.3 Å². The van der Waals surface area contributed by atoms with Crippen LogP contribution in [0.2, 0.25) is 0 Å². The minimum absolute atomic E-state index is 0.359. The van der Waals surface area contributed by atoms with Gasteiger partial charge in [0, 0.05) is 6.61 Å². The zero-order chi connectivity index (χ0) is 13.2.